The van der Waals surface area contributed by atoms with Crippen LogP contribution in [0, 0.1) is 0 Å². The zero-order valence-electron chi connectivity index (χ0n) is 9.73. The standard InChI is InChI=1S/C15H16O/c1-11-7-6-8-12(2)14-9-4-5-10-15(14)16-13(11)3/h4-10,13H,2H2,1,3H3/b8-6-,11-7-. The smallest absolute Gasteiger partial charge is 0.128 e. The van der Waals surface area contributed by atoms with Crippen LogP contribution >= 0.6 is 0 Å². The highest BCUT2D eigenvalue weighted by Gasteiger charge is 2.11. The Hall–Kier alpha value is -1.76. The molecule has 1 aliphatic rings. The highest BCUT2D eigenvalue weighted by molar-refractivity contribution is 5.76. The molecular weight excluding hydrogens is 196 g/mol. The summed E-state index contributed by atoms with van der Waals surface area (Å²) in [6.45, 7) is 8.19. The number of fused-ring (bicyclic) bond motifs is 1. The minimum atomic E-state index is 0.0942. The molecule has 1 aliphatic heterocycles. The van der Waals surface area contributed by atoms with Crippen molar-refractivity contribution in [2.75, 3.05) is 0 Å². The largest absolute Gasteiger partial charge is 0.486 e. The van der Waals surface area contributed by atoms with Crippen LogP contribution in [-0.2, 0) is 0 Å². The third-order valence-electron chi connectivity index (χ3n) is 2.83. The van der Waals surface area contributed by atoms with Gasteiger partial charge in [-0.15, -0.1) is 0 Å². The molecule has 1 atom stereocenters. The van der Waals surface area contributed by atoms with Crippen molar-refractivity contribution in [3.05, 3.63) is 60.2 Å². The van der Waals surface area contributed by atoms with Crippen molar-refractivity contribution in [2.45, 2.75) is 20.0 Å². The van der Waals surface area contributed by atoms with Crippen LogP contribution in [0.25, 0.3) is 5.57 Å². The number of ether oxygens (including phenoxy) is 1. The molecule has 1 heterocycles. The van der Waals surface area contributed by atoms with Gasteiger partial charge >= 0.3 is 0 Å². The molecule has 1 unspecified atom stereocenters. The van der Waals surface area contributed by atoms with Crippen LogP contribution in [0.15, 0.2) is 54.6 Å². The van der Waals surface area contributed by atoms with E-state index in [0.717, 1.165) is 16.9 Å². The lowest BCUT2D eigenvalue weighted by atomic mass is 10.1. The molecule has 82 valence electrons. The van der Waals surface area contributed by atoms with Crippen LogP contribution in [-0.4, -0.2) is 6.10 Å². The Morgan fingerprint density at radius 3 is 2.81 bits per heavy atom. The van der Waals surface area contributed by atoms with Gasteiger partial charge in [0.2, 0.25) is 0 Å². The van der Waals surface area contributed by atoms with Gasteiger partial charge < -0.3 is 4.74 Å². The maximum Gasteiger partial charge on any atom is 0.128 e. The van der Waals surface area contributed by atoms with Gasteiger partial charge in [0.25, 0.3) is 0 Å². The van der Waals surface area contributed by atoms with Crippen molar-refractivity contribution in [3.63, 3.8) is 0 Å². The van der Waals surface area contributed by atoms with E-state index in [9.17, 15) is 0 Å². The molecule has 0 aromatic heterocycles. The molecule has 0 amide bonds. The maximum atomic E-state index is 5.93. The van der Waals surface area contributed by atoms with Crippen LogP contribution in [0.1, 0.15) is 19.4 Å². The van der Waals surface area contributed by atoms with Crippen LogP contribution in [0.5, 0.6) is 5.75 Å². The Balaban J connectivity index is 2.49. The number of benzene rings is 1. The number of para-hydroxylation sites is 1. The summed E-state index contributed by atoms with van der Waals surface area (Å²) in [5, 5.41) is 0. The zero-order chi connectivity index (χ0) is 11.5. The molecule has 0 bridgehead atoms. The van der Waals surface area contributed by atoms with Gasteiger partial charge in [0, 0.05) is 5.56 Å². The lowest BCUT2D eigenvalue weighted by molar-refractivity contribution is 0.257. The van der Waals surface area contributed by atoms with E-state index in [4.69, 9.17) is 4.74 Å². The first-order chi connectivity index (χ1) is 7.68. The van der Waals surface area contributed by atoms with Gasteiger partial charge in [-0.25, -0.2) is 0 Å². The van der Waals surface area contributed by atoms with E-state index in [0.29, 0.717) is 0 Å². The van der Waals surface area contributed by atoms with Gasteiger partial charge in [-0.05, 0) is 31.1 Å². The second-order valence-electron chi connectivity index (χ2n) is 4.05. The van der Waals surface area contributed by atoms with E-state index in [-0.39, 0.29) is 6.10 Å². The Morgan fingerprint density at radius 1 is 1.25 bits per heavy atom. The molecule has 1 aromatic carbocycles. The second kappa shape index (κ2) is 4.40. The van der Waals surface area contributed by atoms with E-state index in [1.165, 1.54) is 5.57 Å². The molecule has 0 aliphatic carbocycles. The summed E-state index contributed by atoms with van der Waals surface area (Å²) in [6, 6.07) is 8.02. The van der Waals surface area contributed by atoms with E-state index >= 15 is 0 Å². The van der Waals surface area contributed by atoms with Crippen molar-refractivity contribution in [3.8, 4) is 5.75 Å². The fraction of sp³-hybridized carbons (Fsp3) is 0.200. The molecule has 16 heavy (non-hydrogen) atoms. The Labute approximate surface area is 96.8 Å². The van der Waals surface area contributed by atoms with E-state index < -0.39 is 0 Å². The molecule has 0 spiro atoms. The molecule has 0 N–H and O–H groups in total. The lowest BCUT2D eigenvalue weighted by Gasteiger charge is -2.17. The molecule has 0 fully saturated rings. The number of hydrogen-bond donors (Lipinski definition) is 0. The van der Waals surface area contributed by atoms with Crippen LogP contribution in [0.2, 0.25) is 0 Å². The fourth-order valence-electron chi connectivity index (χ4n) is 1.66. The predicted molar refractivity (Wildman–Crippen MR) is 68.5 cm³/mol. The SMILES string of the molecule is C=C1/C=C\C=C(\C)C(C)Oc2ccccc21. The quantitative estimate of drug-likeness (QED) is 0.632. The monoisotopic (exact) mass is 212 g/mol. The summed E-state index contributed by atoms with van der Waals surface area (Å²) in [6.07, 6.45) is 6.21. The van der Waals surface area contributed by atoms with Gasteiger partial charge in [0.1, 0.15) is 11.9 Å². The van der Waals surface area contributed by atoms with Crippen molar-refractivity contribution < 1.29 is 4.74 Å². The van der Waals surface area contributed by atoms with Crippen molar-refractivity contribution in [1.82, 2.24) is 0 Å². The summed E-state index contributed by atoms with van der Waals surface area (Å²) in [5.41, 5.74) is 3.25. The van der Waals surface area contributed by atoms with E-state index in [1.54, 1.807) is 0 Å². The molecule has 0 radical (unpaired) electrons. The fourth-order valence-corrected chi connectivity index (χ4v) is 1.66. The van der Waals surface area contributed by atoms with E-state index in [2.05, 4.69) is 26.5 Å². The van der Waals surface area contributed by atoms with Crippen LogP contribution < -0.4 is 4.74 Å². The minimum Gasteiger partial charge on any atom is -0.486 e. The Morgan fingerprint density at radius 2 is 2.00 bits per heavy atom. The summed E-state index contributed by atoms with van der Waals surface area (Å²) in [5.74, 6) is 0.902. The van der Waals surface area contributed by atoms with Crippen molar-refractivity contribution in [1.29, 1.82) is 0 Å². The van der Waals surface area contributed by atoms with Gasteiger partial charge in [-0.1, -0.05) is 43.0 Å². The maximum absolute atomic E-state index is 5.93. The van der Waals surface area contributed by atoms with Gasteiger partial charge in [-0.3, -0.25) is 0 Å². The number of allylic oxidation sites excluding steroid dienone is 4. The summed E-state index contributed by atoms with van der Waals surface area (Å²) in [7, 11) is 0. The second-order valence-corrected chi connectivity index (χ2v) is 4.05. The first-order valence-electron chi connectivity index (χ1n) is 5.48. The first-order valence-corrected chi connectivity index (χ1v) is 5.48. The first kappa shape index (κ1) is 10.7. The molecule has 0 saturated heterocycles. The third kappa shape index (κ3) is 2.08. The highest BCUT2D eigenvalue weighted by atomic mass is 16.5. The molecule has 1 aromatic rings. The summed E-state index contributed by atoms with van der Waals surface area (Å²) < 4.78 is 5.93. The lowest BCUT2D eigenvalue weighted by Crippen LogP contribution is -2.13. The van der Waals surface area contributed by atoms with Crippen molar-refractivity contribution >= 4 is 5.57 Å². The molecule has 1 heteroatoms. The van der Waals surface area contributed by atoms with E-state index in [1.807, 2.05) is 36.4 Å². The molecule has 0 saturated carbocycles. The Bertz CT molecular complexity index is 466. The van der Waals surface area contributed by atoms with Crippen molar-refractivity contribution in [2.24, 2.45) is 0 Å². The average molecular weight is 212 g/mol. The Kier molecular flexibility index (Phi) is 2.95. The van der Waals surface area contributed by atoms with Gasteiger partial charge in [-0.2, -0.15) is 0 Å². The third-order valence-corrected chi connectivity index (χ3v) is 2.83. The zero-order valence-corrected chi connectivity index (χ0v) is 9.73. The van der Waals surface area contributed by atoms with Gasteiger partial charge in [0.15, 0.2) is 0 Å². The molecule has 1 nitrogen and oxygen atoms in total. The van der Waals surface area contributed by atoms with Crippen LogP contribution in [0.4, 0.5) is 0 Å². The molecular formula is C15H16O. The summed E-state index contributed by atoms with van der Waals surface area (Å²) in [4.78, 5) is 0. The predicted octanol–water partition coefficient (Wildman–Crippen LogP) is 3.98. The number of rotatable bonds is 0. The van der Waals surface area contributed by atoms with Crippen LogP contribution in [0.3, 0.4) is 0 Å². The highest BCUT2D eigenvalue weighted by Crippen LogP contribution is 2.28. The normalized spacial score (nSPS) is 25.2. The summed E-state index contributed by atoms with van der Waals surface area (Å²) >= 11 is 0. The minimum absolute atomic E-state index is 0.0942. The topological polar surface area (TPSA) is 9.23 Å². The average Bonchev–Trinajstić information content (AvgIpc) is 2.32. The number of hydrogen-bond acceptors (Lipinski definition) is 1. The van der Waals surface area contributed by atoms with Gasteiger partial charge in [0.05, 0.1) is 0 Å². The molecule has 2 rings (SSSR count).